The van der Waals surface area contributed by atoms with E-state index in [2.05, 4.69) is 0 Å². The third-order valence-corrected chi connectivity index (χ3v) is 3.31. The fraction of sp³-hybridized carbons (Fsp3) is 0.294. The molecule has 0 radical (unpaired) electrons. The molecular formula is C17H19FO2. The molecule has 0 aliphatic heterocycles. The van der Waals surface area contributed by atoms with Gasteiger partial charge in [0.05, 0.1) is 6.10 Å². The minimum absolute atomic E-state index is 0.336. The molecule has 2 aromatic carbocycles. The zero-order chi connectivity index (χ0) is 14.7. The molecule has 0 spiro atoms. The van der Waals surface area contributed by atoms with Gasteiger partial charge in [0.15, 0.2) is 0 Å². The smallest absolute Gasteiger partial charge is 0.133 e. The van der Waals surface area contributed by atoms with Crippen molar-refractivity contribution in [2.75, 3.05) is 0 Å². The van der Waals surface area contributed by atoms with E-state index in [1.54, 1.807) is 19.9 Å². The lowest BCUT2D eigenvalue weighted by molar-refractivity contribution is 0.195. The molecule has 0 heterocycles. The molecule has 106 valence electrons. The Morgan fingerprint density at radius 3 is 2.55 bits per heavy atom. The molecule has 0 aromatic heterocycles. The number of rotatable bonds is 4. The summed E-state index contributed by atoms with van der Waals surface area (Å²) >= 11 is 0. The van der Waals surface area contributed by atoms with Crippen molar-refractivity contribution in [3.05, 3.63) is 58.9 Å². The summed E-state index contributed by atoms with van der Waals surface area (Å²) in [5.41, 5.74) is 2.03. The Bertz CT molecular complexity index is 606. The van der Waals surface area contributed by atoms with E-state index < -0.39 is 6.10 Å². The Labute approximate surface area is 118 Å². The van der Waals surface area contributed by atoms with Gasteiger partial charge >= 0.3 is 0 Å². The first-order valence-corrected chi connectivity index (χ1v) is 6.76. The van der Waals surface area contributed by atoms with Crippen molar-refractivity contribution in [2.24, 2.45) is 0 Å². The van der Waals surface area contributed by atoms with Crippen LogP contribution in [0.25, 0.3) is 0 Å². The van der Waals surface area contributed by atoms with Gasteiger partial charge in [0.2, 0.25) is 0 Å². The van der Waals surface area contributed by atoms with Crippen molar-refractivity contribution in [1.29, 1.82) is 0 Å². The molecule has 1 N–H and O–H groups in total. The number of ether oxygens (including phenoxy) is 1. The van der Waals surface area contributed by atoms with Crippen LogP contribution in [-0.2, 0) is 6.42 Å². The van der Waals surface area contributed by atoms with E-state index >= 15 is 0 Å². The third-order valence-electron chi connectivity index (χ3n) is 3.31. The largest absolute Gasteiger partial charge is 0.457 e. The number of para-hydroxylation sites is 1. The Balaban J connectivity index is 2.45. The summed E-state index contributed by atoms with van der Waals surface area (Å²) in [5, 5.41) is 9.78. The maximum absolute atomic E-state index is 13.6. The minimum Gasteiger partial charge on any atom is -0.457 e. The van der Waals surface area contributed by atoms with Crippen LogP contribution in [0.4, 0.5) is 4.39 Å². The monoisotopic (exact) mass is 274 g/mol. The number of aryl methyl sites for hydroxylation is 2. The van der Waals surface area contributed by atoms with Gasteiger partial charge in [-0.2, -0.15) is 0 Å². The molecule has 20 heavy (non-hydrogen) atoms. The molecule has 1 atom stereocenters. The van der Waals surface area contributed by atoms with Crippen LogP contribution in [0, 0.1) is 12.7 Å². The second-order valence-corrected chi connectivity index (χ2v) is 4.88. The lowest BCUT2D eigenvalue weighted by atomic mass is 10.1. The normalized spacial score (nSPS) is 12.2. The predicted molar refractivity (Wildman–Crippen MR) is 77.7 cm³/mol. The summed E-state index contributed by atoms with van der Waals surface area (Å²) in [7, 11) is 0. The Kier molecular flexibility index (Phi) is 4.40. The average Bonchev–Trinajstić information content (AvgIpc) is 2.43. The van der Waals surface area contributed by atoms with Crippen molar-refractivity contribution >= 4 is 0 Å². The SMILES string of the molecule is CCc1ccccc1Oc1cc(C)c(F)cc1C(C)O. The fourth-order valence-corrected chi connectivity index (χ4v) is 2.10. The van der Waals surface area contributed by atoms with Crippen LogP contribution < -0.4 is 4.74 Å². The van der Waals surface area contributed by atoms with Crippen LogP contribution in [0.5, 0.6) is 11.5 Å². The molecule has 2 rings (SSSR count). The first-order chi connectivity index (χ1) is 9.52. The Morgan fingerprint density at radius 1 is 1.20 bits per heavy atom. The molecule has 0 bridgehead atoms. The van der Waals surface area contributed by atoms with Crippen molar-refractivity contribution in [3.8, 4) is 11.5 Å². The summed E-state index contributed by atoms with van der Waals surface area (Å²) in [4.78, 5) is 0. The van der Waals surface area contributed by atoms with E-state index in [1.807, 2.05) is 31.2 Å². The van der Waals surface area contributed by atoms with Gasteiger partial charge in [-0.05, 0) is 49.6 Å². The highest BCUT2D eigenvalue weighted by molar-refractivity contribution is 5.44. The number of halogens is 1. The van der Waals surface area contributed by atoms with E-state index in [0.29, 0.717) is 16.9 Å². The molecule has 0 amide bonds. The van der Waals surface area contributed by atoms with Gasteiger partial charge in [-0.15, -0.1) is 0 Å². The summed E-state index contributed by atoms with van der Waals surface area (Å²) in [5.74, 6) is 0.903. The van der Waals surface area contributed by atoms with E-state index in [0.717, 1.165) is 17.7 Å². The van der Waals surface area contributed by atoms with Gasteiger partial charge in [0, 0.05) is 5.56 Å². The predicted octanol–water partition coefficient (Wildman–Crippen LogP) is 4.54. The Morgan fingerprint density at radius 2 is 1.90 bits per heavy atom. The summed E-state index contributed by atoms with van der Waals surface area (Å²) in [6.45, 7) is 5.33. The molecule has 0 saturated carbocycles. The van der Waals surface area contributed by atoms with Crippen LogP contribution in [0.1, 0.15) is 36.6 Å². The van der Waals surface area contributed by atoms with E-state index in [4.69, 9.17) is 4.74 Å². The molecular weight excluding hydrogens is 255 g/mol. The molecule has 2 nitrogen and oxygen atoms in total. The van der Waals surface area contributed by atoms with Crippen LogP contribution in [-0.4, -0.2) is 5.11 Å². The second-order valence-electron chi connectivity index (χ2n) is 4.88. The maximum atomic E-state index is 13.6. The van der Waals surface area contributed by atoms with Gasteiger partial charge < -0.3 is 9.84 Å². The highest BCUT2D eigenvalue weighted by Gasteiger charge is 2.14. The first kappa shape index (κ1) is 14.5. The number of hydrogen-bond donors (Lipinski definition) is 1. The zero-order valence-corrected chi connectivity index (χ0v) is 12.0. The fourth-order valence-electron chi connectivity index (χ4n) is 2.10. The van der Waals surface area contributed by atoms with Gasteiger partial charge in [0.1, 0.15) is 17.3 Å². The summed E-state index contributed by atoms with van der Waals surface area (Å²) in [6, 6.07) is 10.7. The molecule has 0 fully saturated rings. The lowest BCUT2D eigenvalue weighted by Gasteiger charge is -2.16. The van der Waals surface area contributed by atoms with Gasteiger partial charge in [-0.3, -0.25) is 0 Å². The van der Waals surface area contributed by atoms with Crippen LogP contribution in [0.15, 0.2) is 36.4 Å². The third kappa shape index (κ3) is 2.99. The topological polar surface area (TPSA) is 29.5 Å². The average molecular weight is 274 g/mol. The van der Waals surface area contributed by atoms with Crippen molar-refractivity contribution in [1.82, 2.24) is 0 Å². The van der Waals surface area contributed by atoms with E-state index in [-0.39, 0.29) is 5.82 Å². The molecule has 0 aliphatic rings. The summed E-state index contributed by atoms with van der Waals surface area (Å²) < 4.78 is 19.5. The first-order valence-electron chi connectivity index (χ1n) is 6.76. The molecule has 0 saturated heterocycles. The number of benzene rings is 2. The number of aliphatic hydroxyl groups is 1. The van der Waals surface area contributed by atoms with E-state index in [9.17, 15) is 9.50 Å². The van der Waals surface area contributed by atoms with Gasteiger partial charge in [0.25, 0.3) is 0 Å². The quantitative estimate of drug-likeness (QED) is 0.886. The van der Waals surface area contributed by atoms with Crippen molar-refractivity contribution in [2.45, 2.75) is 33.3 Å². The van der Waals surface area contributed by atoms with Crippen LogP contribution >= 0.6 is 0 Å². The molecule has 2 aromatic rings. The van der Waals surface area contributed by atoms with Crippen molar-refractivity contribution in [3.63, 3.8) is 0 Å². The number of hydrogen-bond acceptors (Lipinski definition) is 2. The summed E-state index contributed by atoms with van der Waals surface area (Å²) in [6.07, 6.45) is 0.0641. The molecule has 0 aliphatic carbocycles. The Hall–Kier alpha value is -1.87. The second kappa shape index (κ2) is 6.06. The molecule has 3 heteroatoms. The standard InChI is InChI=1S/C17H19FO2/c1-4-13-7-5-6-8-16(13)20-17-9-11(2)15(18)10-14(17)12(3)19/h5-10,12,19H,4H2,1-3H3. The minimum atomic E-state index is -0.783. The lowest BCUT2D eigenvalue weighted by Crippen LogP contribution is -2.00. The highest BCUT2D eigenvalue weighted by Crippen LogP contribution is 2.33. The maximum Gasteiger partial charge on any atom is 0.133 e. The number of aliphatic hydroxyl groups excluding tert-OH is 1. The van der Waals surface area contributed by atoms with Crippen LogP contribution in [0.3, 0.4) is 0 Å². The van der Waals surface area contributed by atoms with Gasteiger partial charge in [-0.1, -0.05) is 25.1 Å². The highest BCUT2D eigenvalue weighted by atomic mass is 19.1. The van der Waals surface area contributed by atoms with Crippen LogP contribution in [0.2, 0.25) is 0 Å². The zero-order valence-electron chi connectivity index (χ0n) is 12.0. The van der Waals surface area contributed by atoms with Crippen molar-refractivity contribution < 1.29 is 14.2 Å². The molecule has 1 unspecified atom stereocenters. The van der Waals surface area contributed by atoms with E-state index in [1.165, 1.54) is 6.07 Å². The van der Waals surface area contributed by atoms with Gasteiger partial charge in [-0.25, -0.2) is 4.39 Å².